The SMILES string of the molecule is CCc1ccc(S(=O)(=O)N2CCC(C(=O)Nc3nccs3)CC2)s1. The monoisotopic (exact) mass is 385 g/mol. The van der Waals surface area contributed by atoms with Gasteiger partial charge in [0.15, 0.2) is 5.13 Å². The number of thiazole rings is 1. The molecule has 2 aromatic rings. The quantitative estimate of drug-likeness (QED) is 0.858. The highest BCUT2D eigenvalue weighted by Crippen LogP contribution is 2.29. The van der Waals surface area contributed by atoms with E-state index in [0.717, 1.165) is 11.3 Å². The highest BCUT2D eigenvalue weighted by atomic mass is 32.2. The van der Waals surface area contributed by atoms with Crippen molar-refractivity contribution in [2.24, 2.45) is 5.92 Å². The highest BCUT2D eigenvalue weighted by molar-refractivity contribution is 7.91. The number of aromatic nitrogens is 1. The summed E-state index contributed by atoms with van der Waals surface area (Å²) in [6, 6.07) is 3.55. The van der Waals surface area contributed by atoms with Crippen LogP contribution >= 0.6 is 22.7 Å². The Hall–Kier alpha value is -1.29. The van der Waals surface area contributed by atoms with Crippen LogP contribution in [0, 0.1) is 5.92 Å². The maximum absolute atomic E-state index is 12.7. The van der Waals surface area contributed by atoms with E-state index >= 15 is 0 Å². The molecule has 0 aromatic carbocycles. The van der Waals surface area contributed by atoms with Crippen molar-refractivity contribution in [3.8, 4) is 0 Å². The second-order valence-electron chi connectivity index (χ2n) is 5.58. The molecule has 3 rings (SSSR count). The van der Waals surface area contributed by atoms with E-state index < -0.39 is 10.0 Å². The fraction of sp³-hybridized carbons (Fsp3) is 0.467. The van der Waals surface area contributed by atoms with Gasteiger partial charge < -0.3 is 5.32 Å². The van der Waals surface area contributed by atoms with Gasteiger partial charge in [0.25, 0.3) is 10.0 Å². The van der Waals surface area contributed by atoms with Gasteiger partial charge in [-0.15, -0.1) is 22.7 Å². The van der Waals surface area contributed by atoms with E-state index in [-0.39, 0.29) is 11.8 Å². The Morgan fingerprint density at radius 1 is 1.38 bits per heavy atom. The molecule has 3 heterocycles. The number of carbonyl (C=O) groups excluding carboxylic acids is 1. The number of hydrogen-bond donors (Lipinski definition) is 1. The Morgan fingerprint density at radius 2 is 2.12 bits per heavy atom. The summed E-state index contributed by atoms with van der Waals surface area (Å²) >= 11 is 2.70. The molecule has 1 aliphatic rings. The average molecular weight is 386 g/mol. The minimum absolute atomic E-state index is 0.0774. The van der Waals surface area contributed by atoms with Crippen molar-refractivity contribution in [1.29, 1.82) is 0 Å². The summed E-state index contributed by atoms with van der Waals surface area (Å²) in [5, 5.41) is 5.18. The molecule has 0 unspecified atom stereocenters. The third kappa shape index (κ3) is 3.69. The van der Waals surface area contributed by atoms with Crippen molar-refractivity contribution in [3.05, 3.63) is 28.6 Å². The lowest BCUT2D eigenvalue weighted by Gasteiger charge is -2.29. The molecule has 1 N–H and O–H groups in total. The average Bonchev–Trinajstić information content (AvgIpc) is 3.26. The first-order chi connectivity index (χ1) is 11.5. The van der Waals surface area contributed by atoms with Crippen molar-refractivity contribution in [1.82, 2.24) is 9.29 Å². The Morgan fingerprint density at radius 3 is 2.71 bits per heavy atom. The largest absolute Gasteiger partial charge is 0.302 e. The van der Waals surface area contributed by atoms with Crippen molar-refractivity contribution >= 4 is 43.7 Å². The molecule has 2 aromatic heterocycles. The minimum atomic E-state index is -3.44. The van der Waals surface area contributed by atoms with Gasteiger partial charge in [0.05, 0.1) is 0 Å². The molecule has 1 aliphatic heterocycles. The van der Waals surface area contributed by atoms with Crippen molar-refractivity contribution in [2.75, 3.05) is 18.4 Å². The Labute approximate surface area is 149 Å². The van der Waals surface area contributed by atoms with Crippen LogP contribution in [0.2, 0.25) is 0 Å². The second kappa shape index (κ2) is 7.30. The summed E-state index contributed by atoms with van der Waals surface area (Å²) in [5.74, 6) is -0.249. The second-order valence-corrected chi connectivity index (χ2v) is 9.81. The van der Waals surface area contributed by atoms with Crippen molar-refractivity contribution < 1.29 is 13.2 Å². The lowest BCUT2D eigenvalue weighted by Crippen LogP contribution is -2.41. The zero-order valence-electron chi connectivity index (χ0n) is 13.3. The van der Waals surface area contributed by atoms with E-state index in [4.69, 9.17) is 0 Å². The number of aryl methyl sites for hydroxylation is 1. The predicted octanol–water partition coefficient (Wildman–Crippen LogP) is 2.81. The first kappa shape index (κ1) is 17.5. The molecular formula is C15H19N3O3S3. The molecule has 1 fully saturated rings. The minimum Gasteiger partial charge on any atom is -0.302 e. The standard InChI is InChI=1S/C15H19N3O3S3/c1-2-12-3-4-13(23-12)24(20,21)18-8-5-11(6-9-18)14(19)17-15-16-7-10-22-15/h3-4,7,10-11H,2,5-6,8-9H2,1H3,(H,16,17,19). The molecule has 24 heavy (non-hydrogen) atoms. The summed E-state index contributed by atoms with van der Waals surface area (Å²) in [5.41, 5.74) is 0. The Balaban J connectivity index is 1.61. The topological polar surface area (TPSA) is 79.4 Å². The highest BCUT2D eigenvalue weighted by Gasteiger charge is 2.33. The van der Waals surface area contributed by atoms with Gasteiger partial charge in [-0.25, -0.2) is 13.4 Å². The zero-order valence-corrected chi connectivity index (χ0v) is 15.7. The molecule has 1 amide bonds. The van der Waals surface area contributed by atoms with Crippen molar-refractivity contribution in [3.63, 3.8) is 0 Å². The van der Waals surface area contributed by atoms with Gasteiger partial charge in [0, 0.05) is 35.5 Å². The Bertz CT molecular complexity index is 791. The first-order valence-electron chi connectivity index (χ1n) is 7.80. The van der Waals surface area contributed by atoms with E-state index in [0.29, 0.717) is 35.3 Å². The van der Waals surface area contributed by atoms with Gasteiger partial charge in [0.1, 0.15) is 4.21 Å². The van der Waals surface area contributed by atoms with Crippen LogP contribution in [0.4, 0.5) is 5.13 Å². The van der Waals surface area contributed by atoms with Gasteiger partial charge in [-0.3, -0.25) is 4.79 Å². The summed E-state index contributed by atoms with van der Waals surface area (Å²) in [6.07, 6.45) is 3.53. The zero-order chi connectivity index (χ0) is 17.2. The van der Waals surface area contributed by atoms with Crippen LogP contribution in [-0.2, 0) is 21.2 Å². The number of thiophene rings is 1. The third-order valence-corrected chi connectivity index (χ3v) is 8.35. The number of sulfonamides is 1. The molecule has 6 nitrogen and oxygen atoms in total. The fourth-order valence-corrected chi connectivity index (χ4v) is 6.12. The number of anilines is 1. The number of amides is 1. The van der Waals surface area contributed by atoms with Gasteiger partial charge in [-0.2, -0.15) is 4.31 Å². The van der Waals surface area contributed by atoms with Crippen LogP contribution in [0.15, 0.2) is 27.9 Å². The molecule has 0 bridgehead atoms. The molecule has 0 radical (unpaired) electrons. The van der Waals surface area contributed by atoms with E-state index in [9.17, 15) is 13.2 Å². The van der Waals surface area contributed by atoms with Crippen molar-refractivity contribution in [2.45, 2.75) is 30.4 Å². The van der Waals surface area contributed by atoms with E-state index in [1.807, 2.05) is 13.0 Å². The molecule has 0 atom stereocenters. The number of hydrogen-bond acceptors (Lipinski definition) is 6. The van der Waals surface area contributed by atoms with Crippen LogP contribution in [0.25, 0.3) is 0 Å². The van der Waals surface area contributed by atoms with Crippen LogP contribution < -0.4 is 5.32 Å². The van der Waals surface area contributed by atoms with Gasteiger partial charge >= 0.3 is 0 Å². The maximum atomic E-state index is 12.7. The number of rotatable bonds is 5. The normalized spacial score (nSPS) is 17.0. The summed E-state index contributed by atoms with van der Waals surface area (Å²) in [7, 11) is -3.44. The smallest absolute Gasteiger partial charge is 0.252 e. The van der Waals surface area contributed by atoms with Gasteiger partial charge in [-0.1, -0.05) is 6.92 Å². The molecule has 0 saturated carbocycles. The summed E-state index contributed by atoms with van der Waals surface area (Å²) in [4.78, 5) is 17.3. The molecule has 0 spiro atoms. The summed E-state index contributed by atoms with van der Waals surface area (Å²) < 4.78 is 27.2. The third-order valence-electron chi connectivity index (χ3n) is 4.07. The number of nitrogens with zero attached hydrogens (tertiary/aromatic N) is 2. The predicted molar refractivity (Wildman–Crippen MR) is 95.9 cm³/mol. The van der Waals surface area contributed by atoms with Gasteiger partial charge in [-0.05, 0) is 31.4 Å². The summed E-state index contributed by atoms with van der Waals surface area (Å²) in [6.45, 7) is 2.75. The number of piperidine rings is 1. The van der Waals surface area contributed by atoms with E-state index in [1.54, 1.807) is 17.6 Å². The number of carbonyl (C=O) groups is 1. The molecule has 130 valence electrons. The number of nitrogens with one attached hydrogen (secondary N) is 1. The molecule has 9 heteroatoms. The van der Waals surface area contributed by atoms with E-state index in [1.165, 1.54) is 27.0 Å². The van der Waals surface area contributed by atoms with Crippen LogP contribution in [0.5, 0.6) is 0 Å². The maximum Gasteiger partial charge on any atom is 0.252 e. The van der Waals surface area contributed by atoms with Crippen LogP contribution in [0.1, 0.15) is 24.6 Å². The Kier molecular flexibility index (Phi) is 5.33. The lowest BCUT2D eigenvalue weighted by molar-refractivity contribution is -0.120. The first-order valence-corrected chi connectivity index (χ1v) is 10.9. The van der Waals surface area contributed by atoms with Crippen LogP contribution in [-0.4, -0.2) is 36.7 Å². The molecule has 0 aliphatic carbocycles. The van der Waals surface area contributed by atoms with Crippen LogP contribution in [0.3, 0.4) is 0 Å². The van der Waals surface area contributed by atoms with E-state index in [2.05, 4.69) is 10.3 Å². The molecular weight excluding hydrogens is 366 g/mol. The van der Waals surface area contributed by atoms with Gasteiger partial charge in [0.2, 0.25) is 5.91 Å². The molecule has 1 saturated heterocycles. The lowest BCUT2D eigenvalue weighted by atomic mass is 9.97. The fourth-order valence-electron chi connectivity index (χ4n) is 2.67.